The van der Waals surface area contributed by atoms with E-state index < -0.39 is 26.6 Å². The Kier molecular flexibility index (Phi) is 21.5. The lowest BCUT2D eigenvalue weighted by Crippen LogP contribution is -2.19. The lowest BCUT2D eigenvalue weighted by Gasteiger charge is -2.21. The highest BCUT2D eigenvalue weighted by Gasteiger charge is 2.28. The molecule has 0 fully saturated rings. The van der Waals surface area contributed by atoms with Gasteiger partial charge in [0, 0.05) is 5.75 Å². The van der Waals surface area contributed by atoms with Gasteiger partial charge in [-0.2, -0.15) is 0 Å². The van der Waals surface area contributed by atoms with Crippen molar-refractivity contribution in [2.24, 2.45) is 0 Å². The number of nitrogen functional groups attached to an aromatic ring is 1. The van der Waals surface area contributed by atoms with Gasteiger partial charge in [-0.1, -0.05) is 102 Å². The predicted octanol–water partition coefficient (Wildman–Crippen LogP) is 7.69. The topological polar surface area (TPSA) is 150 Å². The molecular formula is C31H56N5O7PS2. The van der Waals surface area contributed by atoms with Gasteiger partial charge in [0.25, 0.3) is 0 Å². The van der Waals surface area contributed by atoms with Gasteiger partial charge in [-0.05, 0) is 26.0 Å². The number of nitrogens with zero attached hydrogens (tertiary/aromatic N) is 4. The first kappa shape index (κ1) is 40.5. The second-order valence-electron chi connectivity index (χ2n) is 11.4. The summed E-state index contributed by atoms with van der Waals surface area (Å²) in [6.07, 6.45) is 19.8. The summed E-state index contributed by atoms with van der Waals surface area (Å²) in [5.41, 5.74) is 6.94. The average Bonchev–Trinajstić information content (AvgIpc) is 3.44. The summed E-state index contributed by atoms with van der Waals surface area (Å²) in [6, 6.07) is 0. The molecule has 0 saturated heterocycles. The van der Waals surface area contributed by atoms with E-state index in [1.807, 2.05) is 6.92 Å². The lowest BCUT2D eigenvalue weighted by atomic mass is 10.0. The number of rotatable bonds is 28. The Balaban J connectivity index is 1.66. The standard InChI is InChI=1S/C31H56N5O7PS2/c1-4-6-7-8-9-10-11-12-13-14-15-16-17-18-20-46(45)21-19-42-44(38,43-25-40-31(37)39-5-2)26-41-27(3)22-36-24-35-28-29(32)33-23-34-30(28)36/h23-24,27H,4-22,25-26H2,1-3H3,(H2,32,33,34)/t27-,44+,46?/m1/s1. The Bertz CT molecular complexity index is 1190. The monoisotopic (exact) mass is 705 g/mol. The molecule has 0 aromatic carbocycles. The van der Waals surface area contributed by atoms with Crippen LogP contribution in [0.5, 0.6) is 0 Å². The van der Waals surface area contributed by atoms with Crippen LogP contribution in [-0.2, 0) is 55.0 Å². The Morgan fingerprint density at radius 2 is 1.54 bits per heavy atom. The van der Waals surface area contributed by atoms with Crippen LogP contribution in [0.4, 0.5) is 10.6 Å². The molecule has 0 spiro atoms. The van der Waals surface area contributed by atoms with Crippen LogP contribution < -0.4 is 5.73 Å². The molecule has 0 saturated carbocycles. The summed E-state index contributed by atoms with van der Waals surface area (Å²) in [5.74, 6) is 1.81. The Hall–Kier alpha value is -1.70. The van der Waals surface area contributed by atoms with Gasteiger partial charge in [0.05, 0.1) is 32.2 Å². The molecule has 0 amide bonds. The number of aromatic nitrogens is 4. The lowest BCUT2D eigenvalue weighted by molar-refractivity contribution is -0.00596. The van der Waals surface area contributed by atoms with Crippen molar-refractivity contribution in [2.45, 2.75) is 123 Å². The van der Waals surface area contributed by atoms with E-state index in [-0.39, 0.29) is 34.8 Å². The van der Waals surface area contributed by atoms with Crippen molar-refractivity contribution in [2.75, 3.05) is 43.6 Å². The van der Waals surface area contributed by atoms with Crippen LogP contribution in [0.1, 0.15) is 111 Å². The van der Waals surface area contributed by atoms with Crippen LogP contribution in [0, 0.1) is 0 Å². The van der Waals surface area contributed by atoms with E-state index in [1.165, 1.54) is 89.8 Å². The zero-order chi connectivity index (χ0) is 33.5. The third-order valence-electron chi connectivity index (χ3n) is 7.41. The molecule has 12 nitrogen and oxygen atoms in total. The molecule has 3 atom stereocenters. The highest BCUT2D eigenvalue weighted by atomic mass is 32.8. The second-order valence-corrected chi connectivity index (χ2v) is 16.5. The van der Waals surface area contributed by atoms with Crippen molar-refractivity contribution >= 4 is 51.4 Å². The van der Waals surface area contributed by atoms with E-state index in [1.54, 1.807) is 17.8 Å². The van der Waals surface area contributed by atoms with E-state index in [9.17, 15) is 9.36 Å². The SMILES string of the molecule is CCCCCCCCCCCCCCCCS(=S)CCO[P@@](=O)(CO[C@H](C)Cn1cnc2c(N)ncnc21)OCOC(=O)OCC. The van der Waals surface area contributed by atoms with Crippen molar-refractivity contribution in [3.63, 3.8) is 0 Å². The van der Waals surface area contributed by atoms with E-state index in [4.69, 9.17) is 40.2 Å². The molecule has 0 radical (unpaired) electrons. The largest absolute Gasteiger partial charge is 0.510 e. The second kappa shape index (κ2) is 24.4. The molecule has 15 heteroatoms. The number of anilines is 1. The maximum Gasteiger partial charge on any atom is 0.510 e. The van der Waals surface area contributed by atoms with Gasteiger partial charge in [-0.15, -0.1) is 9.45 Å². The molecule has 2 aromatic heterocycles. The van der Waals surface area contributed by atoms with Crippen molar-refractivity contribution in [1.29, 1.82) is 0 Å². The Morgan fingerprint density at radius 3 is 2.17 bits per heavy atom. The van der Waals surface area contributed by atoms with Gasteiger partial charge in [0.1, 0.15) is 18.2 Å². The van der Waals surface area contributed by atoms with Crippen LogP contribution >= 0.6 is 7.60 Å². The van der Waals surface area contributed by atoms with Gasteiger partial charge in [0.15, 0.2) is 11.5 Å². The van der Waals surface area contributed by atoms with Crippen LogP contribution in [0.25, 0.3) is 11.2 Å². The van der Waals surface area contributed by atoms with E-state index in [2.05, 4.69) is 21.9 Å². The van der Waals surface area contributed by atoms with Crippen LogP contribution in [0.3, 0.4) is 0 Å². The molecule has 0 aliphatic carbocycles. The number of fused-ring (bicyclic) bond motifs is 1. The fourth-order valence-electron chi connectivity index (χ4n) is 4.84. The fraction of sp³-hybridized carbons (Fsp3) is 0.806. The summed E-state index contributed by atoms with van der Waals surface area (Å²) in [5, 5.41) is 0. The number of hydrogen-bond donors (Lipinski definition) is 1. The third kappa shape index (κ3) is 17.5. The molecule has 1 unspecified atom stereocenters. The summed E-state index contributed by atoms with van der Waals surface area (Å²) in [4.78, 5) is 24.0. The van der Waals surface area contributed by atoms with E-state index in [0.717, 1.165) is 12.2 Å². The van der Waals surface area contributed by atoms with Crippen molar-refractivity contribution in [3.05, 3.63) is 12.7 Å². The van der Waals surface area contributed by atoms with Gasteiger partial charge in [-0.3, -0.25) is 9.09 Å². The quantitative estimate of drug-likeness (QED) is 0.0400. The van der Waals surface area contributed by atoms with Crippen molar-refractivity contribution in [3.8, 4) is 0 Å². The zero-order valence-electron chi connectivity index (χ0n) is 28.1. The average molecular weight is 706 g/mol. The zero-order valence-corrected chi connectivity index (χ0v) is 30.6. The molecule has 2 rings (SSSR count). The van der Waals surface area contributed by atoms with Crippen molar-refractivity contribution in [1.82, 2.24) is 19.5 Å². The third-order valence-corrected chi connectivity index (χ3v) is 11.3. The molecule has 0 aliphatic rings. The first-order valence-electron chi connectivity index (χ1n) is 16.8. The maximum absolute atomic E-state index is 13.5. The fourth-order valence-corrected chi connectivity index (χ4v) is 7.76. The highest BCUT2D eigenvalue weighted by Crippen LogP contribution is 2.48. The smallest absolute Gasteiger partial charge is 0.435 e. The van der Waals surface area contributed by atoms with Crippen LogP contribution in [0.2, 0.25) is 0 Å². The normalized spacial score (nSPS) is 14.2. The van der Waals surface area contributed by atoms with E-state index in [0.29, 0.717) is 23.5 Å². The number of unbranched alkanes of at least 4 members (excludes halogenated alkanes) is 13. The van der Waals surface area contributed by atoms with Crippen LogP contribution in [-0.4, -0.2) is 69.6 Å². The number of ether oxygens (including phenoxy) is 3. The number of nitrogens with two attached hydrogens (primary N) is 1. The maximum atomic E-state index is 13.5. The van der Waals surface area contributed by atoms with Crippen molar-refractivity contribution < 1.29 is 32.6 Å². The summed E-state index contributed by atoms with van der Waals surface area (Å²) >= 11 is 5.66. The highest BCUT2D eigenvalue weighted by molar-refractivity contribution is 8.28. The first-order chi connectivity index (χ1) is 22.3. The number of carbonyl (C=O) groups is 1. The number of imidazole rings is 1. The summed E-state index contributed by atoms with van der Waals surface area (Å²) in [6.45, 7) is 5.80. The predicted molar refractivity (Wildman–Crippen MR) is 188 cm³/mol. The van der Waals surface area contributed by atoms with Gasteiger partial charge in [-0.25, -0.2) is 19.7 Å². The van der Waals surface area contributed by atoms with Gasteiger partial charge >= 0.3 is 13.8 Å². The molecule has 264 valence electrons. The summed E-state index contributed by atoms with van der Waals surface area (Å²) in [7, 11) is -4.06. The molecule has 2 aromatic rings. The summed E-state index contributed by atoms with van der Waals surface area (Å²) < 4.78 is 41.8. The van der Waals surface area contributed by atoms with Crippen LogP contribution in [0.15, 0.2) is 12.7 Å². The molecule has 0 aliphatic heterocycles. The minimum absolute atomic E-state index is 0.146. The molecule has 2 N–H and O–H groups in total. The van der Waals surface area contributed by atoms with E-state index >= 15 is 0 Å². The number of hydrogen-bond acceptors (Lipinski definition) is 12. The molecular weight excluding hydrogens is 649 g/mol. The van der Waals surface area contributed by atoms with Gasteiger partial charge in [0.2, 0.25) is 6.79 Å². The minimum Gasteiger partial charge on any atom is -0.435 e. The van der Waals surface area contributed by atoms with Gasteiger partial charge < -0.3 is 29.0 Å². The number of carbonyl (C=O) groups excluding carboxylic acids is 1. The molecule has 0 bridgehead atoms. The first-order valence-corrected chi connectivity index (χ1v) is 21.0. The Labute approximate surface area is 282 Å². The Morgan fingerprint density at radius 1 is 0.913 bits per heavy atom. The molecule has 46 heavy (non-hydrogen) atoms. The molecule has 2 heterocycles. The minimum atomic E-state index is -3.78.